The van der Waals surface area contributed by atoms with Crippen LogP contribution in [0.2, 0.25) is 0 Å². The number of nitrogens with one attached hydrogen (secondary N) is 1. The predicted molar refractivity (Wildman–Crippen MR) is 98.8 cm³/mol. The molecular formula is C18H22N4O2S. The van der Waals surface area contributed by atoms with E-state index < -0.39 is 0 Å². The monoisotopic (exact) mass is 358 g/mol. The number of amides is 3. The van der Waals surface area contributed by atoms with Crippen molar-refractivity contribution in [2.45, 2.75) is 13.8 Å². The zero-order valence-electron chi connectivity index (χ0n) is 14.5. The lowest BCUT2D eigenvalue weighted by Gasteiger charge is -2.34. The van der Waals surface area contributed by atoms with Crippen LogP contribution in [0.1, 0.15) is 22.3 Å². The molecule has 1 aliphatic heterocycles. The molecular weight excluding hydrogens is 336 g/mol. The number of carbonyl (C=O) groups is 2. The van der Waals surface area contributed by atoms with Crippen molar-refractivity contribution in [1.82, 2.24) is 20.1 Å². The third-order valence-corrected chi connectivity index (χ3v) is 5.39. The van der Waals surface area contributed by atoms with Crippen LogP contribution in [0.5, 0.6) is 0 Å². The van der Waals surface area contributed by atoms with Gasteiger partial charge in [-0.05, 0) is 13.8 Å². The Bertz CT molecular complexity index is 752. The van der Waals surface area contributed by atoms with Crippen LogP contribution in [0.4, 0.5) is 4.79 Å². The van der Waals surface area contributed by atoms with Crippen LogP contribution in [-0.4, -0.2) is 59.4 Å². The first-order chi connectivity index (χ1) is 12.1. The van der Waals surface area contributed by atoms with Crippen LogP contribution < -0.4 is 5.32 Å². The molecule has 0 aliphatic carbocycles. The molecule has 1 fully saturated rings. The van der Waals surface area contributed by atoms with E-state index >= 15 is 0 Å². The zero-order chi connectivity index (χ0) is 17.8. The van der Waals surface area contributed by atoms with Gasteiger partial charge in [0.1, 0.15) is 9.88 Å². The zero-order valence-corrected chi connectivity index (χ0v) is 15.3. The Morgan fingerprint density at radius 1 is 1.12 bits per heavy atom. The highest BCUT2D eigenvalue weighted by atomic mass is 32.1. The first-order valence-electron chi connectivity index (χ1n) is 8.45. The minimum absolute atomic E-state index is 0.00716. The van der Waals surface area contributed by atoms with Crippen molar-refractivity contribution in [2.75, 3.05) is 32.7 Å². The van der Waals surface area contributed by atoms with Crippen molar-refractivity contribution in [2.24, 2.45) is 0 Å². The summed E-state index contributed by atoms with van der Waals surface area (Å²) in [6.07, 6.45) is 0. The van der Waals surface area contributed by atoms with Gasteiger partial charge >= 0.3 is 6.03 Å². The minimum atomic E-state index is -0.0602. The summed E-state index contributed by atoms with van der Waals surface area (Å²) in [5.41, 5.74) is 1.79. The fourth-order valence-electron chi connectivity index (χ4n) is 2.82. The molecule has 25 heavy (non-hydrogen) atoms. The molecule has 6 nitrogen and oxygen atoms in total. The Labute approximate surface area is 151 Å². The summed E-state index contributed by atoms with van der Waals surface area (Å²) in [7, 11) is 0. The number of aryl methyl sites for hydroxylation is 1. The molecule has 0 saturated carbocycles. The van der Waals surface area contributed by atoms with Gasteiger partial charge in [-0.15, -0.1) is 11.3 Å². The molecule has 1 aromatic heterocycles. The average molecular weight is 358 g/mol. The van der Waals surface area contributed by atoms with E-state index in [0.29, 0.717) is 37.6 Å². The lowest BCUT2D eigenvalue weighted by molar-refractivity contribution is 0.0669. The van der Waals surface area contributed by atoms with Crippen LogP contribution >= 0.6 is 11.3 Å². The number of aromatic nitrogens is 1. The molecule has 2 aromatic rings. The standard InChI is InChI=1S/C18H22N4O2S/c1-3-19-18(24)22-11-9-21(10-12-22)17(23)15-13(2)20-16(25-15)14-7-5-4-6-8-14/h4-8H,3,9-12H2,1-2H3,(H,19,24). The lowest BCUT2D eigenvalue weighted by Crippen LogP contribution is -2.53. The summed E-state index contributed by atoms with van der Waals surface area (Å²) >= 11 is 1.43. The van der Waals surface area contributed by atoms with Gasteiger partial charge < -0.3 is 15.1 Å². The van der Waals surface area contributed by atoms with Crippen molar-refractivity contribution in [3.05, 3.63) is 40.9 Å². The highest BCUT2D eigenvalue weighted by Crippen LogP contribution is 2.28. The number of benzene rings is 1. The van der Waals surface area contributed by atoms with E-state index in [0.717, 1.165) is 16.3 Å². The number of hydrogen-bond donors (Lipinski definition) is 1. The largest absolute Gasteiger partial charge is 0.338 e. The summed E-state index contributed by atoms with van der Waals surface area (Å²) < 4.78 is 0. The molecule has 0 bridgehead atoms. The first kappa shape index (κ1) is 17.4. The van der Waals surface area contributed by atoms with Crippen molar-refractivity contribution < 1.29 is 9.59 Å². The third kappa shape index (κ3) is 3.82. The molecule has 0 atom stereocenters. The molecule has 0 unspecified atom stereocenters. The molecule has 0 spiro atoms. The van der Waals surface area contributed by atoms with Gasteiger partial charge in [-0.1, -0.05) is 30.3 Å². The molecule has 3 rings (SSSR count). The predicted octanol–water partition coefficient (Wildman–Crippen LogP) is 2.61. The van der Waals surface area contributed by atoms with E-state index in [2.05, 4.69) is 10.3 Å². The lowest BCUT2D eigenvalue weighted by atomic mass is 10.2. The highest BCUT2D eigenvalue weighted by Gasteiger charge is 2.27. The van der Waals surface area contributed by atoms with Gasteiger partial charge in [-0.2, -0.15) is 0 Å². The smallest absolute Gasteiger partial charge is 0.317 e. The normalized spacial score (nSPS) is 14.5. The van der Waals surface area contributed by atoms with E-state index in [9.17, 15) is 9.59 Å². The Kier molecular flexibility index (Phi) is 5.33. The third-order valence-electron chi connectivity index (χ3n) is 4.19. The molecule has 3 amide bonds. The fraction of sp³-hybridized carbons (Fsp3) is 0.389. The van der Waals surface area contributed by atoms with Crippen molar-refractivity contribution in [3.8, 4) is 10.6 Å². The van der Waals surface area contributed by atoms with E-state index in [1.807, 2.05) is 49.1 Å². The van der Waals surface area contributed by atoms with Crippen molar-refractivity contribution >= 4 is 23.3 Å². The van der Waals surface area contributed by atoms with Gasteiger partial charge in [0.05, 0.1) is 5.69 Å². The quantitative estimate of drug-likeness (QED) is 0.917. The fourth-order valence-corrected chi connectivity index (χ4v) is 3.86. The molecule has 0 radical (unpaired) electrons. The molecule has 1 aromatic carbocycles. The number of hydrogen-bond acceptors (Lipinski definition) is 4. The second-order valence-corrected chi connectivity index (χ2v) is 6.91. The molecule has 132 valence electrons. The minimum Gasteiger partial charge on any atom is -0.338 e. The van der Waals surface area contributed by atoms with Gasteiger partial charge in [-0.25, -0.2) is 9.78 Å². The van der Waals surface area contributed by atoms with Crippen LogP contribution in [0.25, 0.3) is 10.6 Å². The van der Waals surface area contributed by atoms with Crippen molar-refractivity contribution in [3.63, 3.8) is 0 Å². The van der Waals surface area contributed by atoms with E-state index in [1.54, 1.807) is 4.90 Å². The molecule has 7 heteroatoms. The van der Waals surface area contributed by atoms with Gasteiger partial charge in [-0.3, -0.25) is 4.79 Å². The molecule has 1 aliphatic rings. The SMILES string of the molecule is CCNC(=O)N1CCN(C(=O)c2sc(-c3ccccc3)nc2C)CC1. The molecule has 1 saturated heterocycles. The Balaban J connectivity index is 1.68. The van der Waals surface area contributed by atoms with E-state index in [-0.39, 0.29) is 11.9 Å². The first-order valence-corrected chi connectivity index (χ1v) is 9.26. The Hall–Kier alpha value is -2.41. The number of urea groups is 1. The highest BCUT2D eigenvalue weighted by molar-refractivity contribution is 7.17. The Morgan fingerprint density at radius 3 is 2.40 bits per heavy atom. The van der Waals surface area contributed by atoms with Crippen molar-refractivity contribution in [1.29, 1.82) is 0 Å². The van der Waals surface area contributed by atoms with Gasteiger partial charge in [0, 0.05) is 38.3 Å². The Morgan fingerprint density at radius 2 is 1.76 bits per heavy atom. The maximum absolute atomic E-state index is 12.8. The van der Waals surface area contributed by atoms with Crippen LogP contribution in [0.15, 0.2) is 30.3 Å². The van der Waals surface area contributed by atoms with Gasteiger partial charge in [0.15, 0.2) is 0 Å². The second kappa shape index (κ2) is 7.65. The molecule has 2 heterocycles. The summed E-state index contributed by atoms with van der Waals surface area (Å²) in [5, 5.41) is 3.66. The molecule has 1 N–H and O–H groups in total. The average Bonchev–Trinajstić information content (AvgIpc) is 3.04. The summed E-state index contributed by atoms with van der Waals surface area (Å²) in [5.74, 6) is 0.00716. The number of carbonyl (C=O) groups excluding carboxylic acids is 2. The van der Waals surface area contributed by atoms with Gasteiger partial charge in [0.25, 0.3) is 5.91 Å². The summed E-state index contributed by atoms with van der Waals surface area (Å²) in [4.78, 5) is 33.5. The van der Waals surface area contributed by atoms with Gasteiger partial charge in [0.2, 0.25) is 0 Å². The summed E-state index contributed by atoms with van der Waals surface area (Å²) in [6, 6.07) is 9.83. The topological polar surface area (TPSA) is 65.5 Å². The van der Waals surface area contributed by atoms with E-state index in [4.69, 9.17) is 0 Å². The number of piperazine rings is 1. The van der Waals surface area contributed by atoms with Crippen LogP contribution in [0, 0.1) is 6.92 Å². The maximum Gasteiger partial charge on any atom is 0.317 e. The van der Waals surface area contributed by atoms with Crippen LogP contribution in [0.3, 0.4) is 0 Å². The van der Waals surface area contributed by atoms with Crippen LogP contribution in [-0.2, 0) is 0 Å². The summed E-state index contributed by atoms with van der Waals surface area (Å²) in [6.45, 7) is 6.60. The number of thiazole rings is 1. The van der Waals surface area contributed by atoms with E-state index in [1.165, 1.54) is 11.3 Å². The number of rotatable bonds is 3. The maximum atomic E-state index is 12.8. The number of nitrogens with zero attached hydrogens (tertiary/aromatic N) is 3. The second-order valence-electron chi connectivity index (χ2n) is 5.91.